The Bertz CT molecular complexity index is 746. The molecule has 21 heavy (non-hydrogen) atoms. The van der Waals surface area contributed by atoms with Crippen LogP contribution in [0.15, 0.2) is 17.1 Å². The van der Waals surface area contributed by atoms with Crippen LogP contribution in [0.5, 0.6) is 0 Å². The van der Waals surface area contributed by atoms with Crippen molar-refractivity contribution >= 4 is 17.1 Å². The van der Waals surface area contributed by atoms with Crippen LogP contribution in [-0.2, 0) is 11.3 Å². The molecule has 112 valence electrons. The van der Waals surface area contributed by atoms with Crippen molar-refractivity contribution in [3.63, 3.8) is 0 Å². The maximum absolute atomic E-state index is 13.4. The Balaban J connectivity index is 2.21. The number of halogens is 1. The lowest BCUT2D eigenvalue weighted by Gasteiger charge is -2.23. The normalized spacial score (nSPS) is 16.4. The van der Waals surface area contributed by atoms with Crippen LogP contribution >= 0.6 is 0 Å². The summed E-state index contributed by atoms with van der Waals surface area (Å²) in [6.07, 6.45) is 2.56. The van der Waals surface area contributed by atoms with E-state index >= 15 is 0 Å². The Morgan fingerprint density at radius 3 is 2.86 bits per heavy atom. The number of aliphatic carboxylic acids is 1. The van der Waals surface area contributed by atoms with Crippen LogP contribution in [0.4, 0.5) is 4.39 Å². The van der Waals surface area contributed by atoms with Crippen LogP contribution in [0.25, 0.3) is 11.2 Å². The van der Waals surface area contributed by atoms with E-state index in [1.54, 1.807) is 0 Å². The fourth-order valence-electron chi connectivity index (χ4n) is 2.81. The van der Waals surface area contributed by atoms with Crippen LogP contribution < -0.4 is 11.0 Å². The van der Waals surface area contributed by atoms with Crippen molar-refractivity contribution in [1.29, 1.82) is 0 Å². The Morgan fingerprint density at radius 2 is 2.19 bits per heavy atom. The van der Waals surface area contributed by atoms with Gasteiger partial charge in [-0.15, -0.1) is 0 Å². The number of nitrogens with one attached hydrogen (secondary N) is 1. The number of rotatable bonds is 3. The van der Waals surface area contributed by atoms with Crippen LogP contribution in [0.3, 0.4) is 0 Å². The number of piperidine rings is 1. The number of nitrogens with zero attached hydrogens (tertiary/aromatic N) is 3. The molecule has 0 saturated carbocycles. The van der Waals surface area contributed by atoms with E-state index in [1.807, 2.05) is 0 Å². The van der Waals surface area contributed by atoms with Crippen molar-refractivity contribution in [1.82, 2.24) is 19.4 Å². The minimum absolute atomic E-state index is 0.0470. The standard InChI is InChI=1S/C13H15FN4O3/c14-8-5-10-12(16-6-8)18(9-1-3-15-4-2-9)13(21)17(10)7-11(19)20/h5-6,9,15H,1-4,7H2,(H,19,20). The summed E-state index contributed by atoms with van der Waals surface area (Å²) in [5.41, 5.74) is 0.118. The summed E-state index contributed by atoms with van der Waals surface area (Å²) in [6, 6.07) is 1.11. The molecule has 2 N–H and O–H groups in total. The molecule has 3 rings (SSSR count). The number of imidazole rings is 1. The average molecular weight is 294 g/mol. The molecule has 0 aliphatic carbocycles. The molecule has 7 nitrogen and oxygen atoms in total. The van der Waals surface area contributed by atoms with Gasteiger partial charge in [-0.3, -0.25) is 13.9 Å². The maximum Gasteiger partial charge on any atom is 0.331 e. The summed E-state index contributed by atoms with van der Waals surface area (Å²) in [5, 5.41) is 12.2. The molecule has 0 spiro atoms. The molecule has 1 fully saturated rings. The first kappa shape index (κ1) is 13.7. The van der Waals surface area contributed by atoms with Crippen molar-refractivity contribution in [2.24, 2.45) is 0 Å². The first-order chi connectivity index (χ1) is 10.1. The van der Waals surface area contributed by atoms with Gasteiger partial charge in [0.05, 0.1) is 11.7 Å². The molecule has 2 aromatic rings. The predicted octanol–water partition coefficient (Wildman–Crippen LogP) is 0.346. The van der Waals surface area contributed by atoms with Crippen molar-refractivity contribution < 1.29 is 14.3 Å². The highest BCUT2D eigenvalue weighted by Gasteiger charge is 2.24. The summed E-state index contributed by atoms with van der Waals surface area (Å²) in [6.45, 7) is 1.06. The van der Waals surface area contributed by atoms with Crippen molar-refractivity contribution in [3.8, 4) is 0 Å². The number of pyridine rings is 1. The lowest BCUT2D eigenvalue weighted by atomic mass is 10.1. The van der Waals surface area contributed by atoms with Gasteiger partial charge in [0.15, 0.2) is 5.65 Å². The van der Waals surface area contributed by atoms with E-state index in [0.717, 1.165) is 42.8 Å². The molecule has 0 amide bonds. The fourth-order valence-corrected chi connectivity index (χ4v) is 2.81. The minimum atomic E-state index is -1.15. The highest BCUT2D eigenvalue weighted by molar-refractivity contribution is 5.75. The van der Waals surface area contributed by atoms with Gasteiger partial charge in [0.25, 0.3) is 0 Å². The summed E-state index contributed by atoms with van der Waals surface area (Å²) in [7, 11) is 0. The zero-order valence-corrected chi connectivity index (χ0v) is 11.3. The van der Waals surface area contributed by atoms with Gasteiger partial charge in [0.2, 0.25) is 0 Å². The molecule has 0 unspecified atom stereocenters. The Hall–Kier alpha value is -2.22. The van der Waals surface area contributed by atoms with E-state index in [4.69, 9.17) is 5.11 Å². The van der Waals surface area contributed by atoms with E-state index in [9.17, 15) is 14.0 Å². The number of carbonyl (C=O) groups is 1. The zero-order valence-electron chi connectivity index (χ0n) is 11.3. The molecule has 1 saturated heterocycles. The monoisotopic (exact) mass is 294 g/mol. The largest absolute Gasteiger partial charge is 0.480 e. The number of fused-ring (bicyclic) bond motifs is 1. The predicted molar refractivity (Wildman–Crippen MR) is 72.7 cm³/mol. The van der Waals surface area contributed by atoms with Gasteiger partial charge in [-0.05, 0) is 25.9 Å². The van der Waals surface area contributed by atoms with Crippen molar-refractivity contribution in [3.05, 3.63) is 28.6 Å². The Morgan fingerprint density at radius 1 is 1.48 bits per heavy atom. The third-order valence-electron chi connectivity index (χ3n) is 3.74. The highest BCUT2D eigenvalue weighted by Crippen LogP contribution is 2.22. The third kappa shape index (κ3) is 2.42. The quantitative estimate of drug-likeness (QED) is 0.852. The molecule has 0 atom stereocenters. The summed E-state index contributed by atoms with van der Waals surface area (Å²) < 4.78 is 16.0. The van der Waals surface area contributed by atoms with Gasteiger partial charge >= 0.3 is 11.7 Å². The third-order valence-corrected chi connectivity index (χ3v) is 3.74. The minimum Gasteiger partial charge on any atom is -0.480 e. The van der Waals surface area contributed by atoms with Gasteiger partial charge in [-0.2, -0.15) is 0 Å². The smallest absolute Gasteiger partial charge is 0.331 e. The van der Waals surface area contributed by atoms with E-state index in [2.05, 4.69) is 10.3 Å². The molecule has 1 aliphatic rings. The van der Waals surface area contributed by atoms with Gasteiger partial charge in [-0.1, -0.05) is 0 Å². The molecular weight excluding hydrogens is 279 g/mol. The number of hydrogen-bond donors (Lipinski definition) is 2. The molecule has 3 heterocycles. The average Bonchev–Trinajstić information content (AvgIpc) is 2.72. The molecule has 0 bridgehead atoms. The topological polar surface area (TPSA) is 89.1 Å². The SMILES string of the molecule is O=C(O)Cn1c(=O)n(C2CCNCC2)c2ncc(F)cc21. The van der Waals surface area contributed by atoms with E-state index in [0.29, 0.717) is 5.65 Å². The fraction of sp³-hybridized carbons (Fsp3) is 0.462. The Labute approximate surface area is 119 Å². The molecule has 8 heteroatoms. The second-order valence-electron chi connectivity index (χ2n) is 5.11. The number of aromatic nitrogens is 3. The number of carboxylic acid groups (broad SMARTS) is 1. The molecule has 2 aromatic heterocycles. The van der Waals surface area contributed by atoms with Gasteiger partial charge in [-0.25, -0.2) is 14.2 Å². The summed E-state index contributed by atoms with van der Waals surface area (Å²) >= 11 is 0. The summed E-state index contributed by atoms with van der Waals surface area (Å²) in [5.74, 6) is -1.74. The van der Waals surface area contributed by atoms with Crippen molar-refractivity contribution in [2.75, 3.05) is 13.1 Å². The Kier molecular flexibility index (Phi) is 3.46. The number of hydrogen-bond acceptors (Lipinski definition) is 4. The second-order valence-corrected chi connectivity index (χ2v) is 5.11. The van der Waals surface area contributed by atoms with Gasteiger partial charge < -0.3 is 10.4 Å². The lowest BCUT2D eigenvalue weighted by molar-refractivity contribution is -0.137. The van der Waals surface area contributed by atoms with Crippen molar-refractivity contribution in [2.45, 2.75) is 25.4 Å². The first-order valence-corrected chi connectivity index (χ1v) is 6.76. The van der Waals surface area contributed by atoms with E-state index in [-0.39, 0.29) is 11.6 Å². The second kappa shape index (κ2) is 5.28. The van der Waals surface area contributed by atoms with Crippen LogP contribution in [0, 0.1) is 5.82 Å². The molecule has 0 radical (unpaired) electrons. The molecular formula is C13H15FN4O3. The number of carboxylic acids is 1. The van der Waals surface area contributed by atoms with Crippen LogP contribution in [-0.4, -0.2) is 38.3 Å². The van der Waals surface area contributed by atoms with Crippen LogP contribution in [0.1, 0.15) is 18.9 Å². The van der Waals surface area contributed by atoms with E-state index < -0.39 is 24.0 Å². The molecule has 1 aliphatic heterocycles. The van der Waals surface area contributed by atoms with Gasteiger partial charge in [0.1, 0.15) is 12.4 Å². The van der Waals surface area contributed by atoms with Gasteiger partial charge in [0, 0.05) is 12.1 Å². The van der Waals surface area contributed by atoms with E-state index in [1.165, 1.54) is 4.57 Å². The molecule has 0 aromatic carbocycles. The first-order valence-electron chi connectivity index (χ1n) is 6.76. The van der Waals surface area contributed by atoms with Crippen LogP contribution in [0.2, 0.25) is 0 Å². The highest BCUT2D eigenvalue weighted by atomic mass is 19.1. The summed E-state index contributed by atoms with van der Waals surface area (Å²) in [4.78, 5) is 27.5. The maximum atomic E-state index is 13.4. The zero-order chi connectivity index (χ0) is 15.0. The lowest BCUT2D eigenvalue weighted by Crippen LogP contribution is -2.35.